The molecule has 24 heavy (non-hydrogen) atoms. The molecule has 0 saturated carbocycles. The minimum absolute atomic E-state index is 0.102. The van der Waals surface area contributed by atoms with Crippen molar-refractivity contribution in [1.82, 2.24) is 15.1 Å². The smallest absolute Gasteiger partial charge is 0.267 e. The Labute approximate surface area is 143 Å². The van der Waals surface area contributed by atoms with E-state index in [0.717, 1.165) is 10.4 Å². The summed E-state index contributed by atoms with van der Waals surface area (Å²) in [4.78, 5) is 25.2. The van der Waals surface area contributed by atoms with Crippen molar-refractivity contribution in [3.63, 3.8) is 0 Å². The normalized spacial score (nSPS) is 11.9. The van der Waals surface area contributed by atoms with Gasteiger partial charge in [0.05, 0.1) is 10.9 Å². The number of benzene rings is 1. The van der Waals surface area contributed by atoms with E-state index in [1.54, 1.807) is 6.07 Å². The maximum atomic E-state index is 12.2. The molecule has 6 heteroatoms. The quantitative estimate of drug-likeness (QED) is 0.777. The van der Waals surface area contributed by atoms with Gasteiger partial charge in [0.25, 0.3) is 5.56 Å². The zero-order chi connectivity index (χ0) is 16.9. The largest absolute Gasteiger partial charge is 0.348 e. The fourth-order valence-electron chi connectivity index (χ4n) is 2.37. The van der Waals surface area contributed by atoms with E-state index in [1.165, 1.54) is 22.1 Å². The predicted octanol–water partition coefficient (Wildman–Crippen LogP) is 2.85. The number of rotatable bonds is 5. The Morgan fingerprint density at radius 3 is 2.67 bits per heavy atom. The van der Waals surface area contributed by atoms with Crippen LogP contribution in [-0.4, -0.2) is 15.7 Å². The first-order valence-corrected chi connectivity index (χ1v) is 8.48. The molecule has 1 N–H and O–H groups in total. The van der Waals surface area contributed by atoms with Crippen LogP contribution in [0.4, 0.5) is 0 Å². The molecular formula is C18H17N3O2S. The molecule has 0 fully saturated rings. The topological polar surface area (TPSA) is 64.0 Å². The summed E-state index contributed by atoms with van der Waals surface area (Å²) in [5.41, 5.74) is 1.41. The van der Waals surface area contributed by atoms with Crippen molar-refractivity contribution < 1.29 is 4.79 Å². The first-order chi connectivity index (χ1) is 11.6. The first kappa shape index (κ1) is 16.1. The molecule has 2 heterocycles. The number of hydrogen-bond acceptors (Lipinski definition) is 4. The van der Waals surface area contributed by atoms with Gasteiger partial charge in [-0.1, -0.05) is 36.4 Å². The predicted molar refractivity (Wildman–Crippen MR) is 94.8 cm³/mol. The third-order valence-electron chi connectivity index (χ3n) is 3.61. The summed E-state index contributed by atoms with van der Waals surface area (Å²) < 4.78 is 1.20. The van der Waals surface area contributed by atoms with Gasteiger partial charge in [-0.3, -0.25) is 9.59 Å². The monoisotopic (exact) mass is 339 g/mol. The summed E-state index contributed by atoms with van der Waals surface area (Å²) in [7, 11) is 0. The lowest BCUT2D eigenvalue weighted by molar-refractivity contribution is -0.122. The van der Waals surface area contributed by atoms with Crippen molar-refractivity contribution in [1.29, 1.82) is 0 Å². The maximum Gasteiger partial charge on any atom is 0.267 e. The molecule has 0 bridgehead atoms. The number of nitrogens with one attached hydrogen (secondary N) is 1. The van der Waals surface area contributed by atoms with Crippen LogP contribution in [0.2, 0.25) is 0 Å². The van der Waals surface area contributed by atoms with Crippen LogP contribution in [-0.2, 0) is 11.3 Å². The molecule has 0 aliphatic carbocycles. The average Bonchev–Trinajstić information content (AvgIpc) is 3.12. The third kappa shape index (κ3) is 3.78. The summed E-state index contributed by atoms with van der Waals surface area (Å²) in [6.45, 7) is 1.81. The van der Waals surface area contributed by atoms with Gasteiger partial charge in [-0.2, -0.15) is 5.10 Å². The average molecular weight is 339 g/mol. The second-order valence-electron chi connectivity index (χ2n) is 5.39. The van der Waals surface area contributed by atoms with E-state index in [-0.39, 0.29) is 24.1 Å². The molecule has 0 spiro atoms. The van der Waals surface area contributed by atoms with Gasteiger partial charge < -0.3 is 5.32 Å². The van der Waals surface area contributed by atoms with Crippen LogP contribution in [0.25, 0.3) is 10.6 Å². The molecule has 122 valence electrons. The van der Waals surface area contributed by atoms with Crippen molar-refractivity contribution in [3.05, 3.63) is 75.9 Å². The summed E-state index contributed by atoms with van der Waals surface area (Å²) in [5.74, 6) is -0.246. The second-order valence-corrected chi connectivity index (χ2v) is 6.34. The zero-order valence-corrected chi connectivity index (χ0v) is 14.0. The van der Waals surface area contributed by atoms with Crippen molar-refractivity contribution >= 4 is 17.2 Å². The second kappa shape index (κ2) is 7.23. The van der Waals surface area contributed by atoms with Crippen molar-refractivity contribution in [2.24, 2.45) is 0 Å². The van der Waals surface area contributed by atoms with E-state index >= 15 is 0 Å². The summed E-state index contributed by atoms with van der Waals surface area (Å²) in [6, 6.07) is 16.5. The fraction of sp³-hybridized carbons (Fsp3) is 0.167. The lowest BCUT2D eigenvalue weighted by Crippen LogP contribution is -2.34. The summed E-state index contributed by atoms with van der Waals surface area (Å²) in [5, 5.41) is 9.12. The molecule has 1 atom stereocenters. The number of aromatic nitrogens is 2. The van der Waals surface area contributed by atoms with E-state index in [0.29, 0.717) is 5.69 Å². The molecule has 1 aromatic carbocycles. The number of thiophene rings is 1. The summed E-state index contributed by atoms with van der Waals surface area (Å²) >= 11 is 1.54. The van der Waals surface area contributed by atoms with E-state index in [9.17, 15) is 9.59 Å². The minimum Gasteiger partial charge on any atom is -0.348 e. The lowest BCUT2D eigenvalue weighted by Gasteiger charge is -2.14. The van der Waals surface area contributed by atoms with Crippen molar-refractivity contribution in [2.75, 3.05) is 0 Å². The van der Waals surface area contributed by atoms with Crippen LogP contribution in [0.1, 0.15) is 18.5 Å². The number of amides is 1. The SMILES string of the molecule is CC(NC(=O)Cn1nc(-c2cccs2)ccc1=O)c1ccccc1. The highest BCUT2D eigenvalue weighted by atomic mass is 32.1. The summed E-state index contributed by atoms with van der Waals surface area (Å²) in [6.07, 6.45) is 0. The number of carbonyl (C=O) groups is 1. The lowest BCUT2D eigenvalue weighted by atomic mass is 10.1. The Balaban J connectivity index is 1.72. The van der Waals surface area contributed by atoms with Crippen LogP contribution >= 0.6 is 11.3 Å². The third-order valence-corrected chi connectivity index (χ3v) is 4.50. The fourth-order valence-corrected chi connectivity index (χ4v) is 3.06. The highest BCUT2D eigenvalue weighted by molar-refractivity contribution is 7.13. The molecule has 3 rings (SSSR count). The van der Waals surface area contributed by atoms with Crippen LogP contribution in [0.3, 0.4) is 0 Å². The first-order valence-electron chi connectivity index (χ1n) is 7.60. The molecule has 3 aromatic rings. The Morgan fingerprint density at radius 2 is 1.96 bits per heavy atom. The molecule has 0 radical (unpaired) electrons. The van der Waals surface area contributed by atoms with Crippen LogP contribution in [0.5, 0.6) is 0 Å². The zero-order valence-electron chi connectivity index (χ0n) is 13.2. The highest BCUT2D eigenvalue weighted by Crippen LogP contribution is 2.21. The Kier molecular flexibility index (Phi) is 4.86. The molecule has 1 amide bonds. The molecule has 2 aromatic heterocycles. The van der Waals surface area contributed by atoms with Crippen molar-refractivity contribution in [3.8, 4) is 10.6 Å². The van der Waals surface area contributed by atoms with Gasteiger partial charge in [0, 0.05) is 6.07 Å². The maximum absolute atomic E-state index is 12.2. The highest BCUT2D eigenvalue weighted by Gasteiger charge is 2.12. The standard InChI is InChI=1S/C18H17N3O2S/c1-13(14-6-3-2-4-7-14)19-17(22)12-21-18(23)10-9-15(20-21)16-8-5-11-24-16/h2-11,13H,12H2,1H3,(H,19,22). The van der Waals surface area contributed by atoms with Gasteiger partial charge in [0.1, 0.15) is 12.2 Å². The van der Waals surface area contributed by atoms with E-state index in [1.807, 2.05) is 54.8 Å². The molecule has 0 aliphatic heterocycles. The minimum atomic E-state index is -0.294. The molecule has 0 aliphatic rings. The van der Waals surface area contributed by atoms with Crippen LogP contribution in [0.15, 0.2) is 64.8 Å². The van der Waals surface area contributed by atoms with Gasteiger partial charge in [0.2, 0.25) is 5.91 Å². The van der Waals surface area contributed by atoms with Crippen LogP contribution < -0.4 is 10.9 Å². The van der Waals surface area contributed by atoms with E-state index in [4.69, 9.17) is 0 Å². The van der Waals surface area contributed by atoms with Crippen LogP contribution in [0, 0.1) is 0 Å². The Hall–Kier alpha value is -2.73. The molecule has 1 unspecified atom stereocenters. The van der Waals surface area contributed by atoms with Gasteiger partial charge in [-0.25, -0.2) is 4.68 Å². The number of hydrogen-bond donors (Lipinski definition) is 1. The van der Waals surface area contributed by atoms with Gasteiger partial charge in [-0.05, 0) is 30.0 Å². The molecule has 0 saturated heterocycles. The van der Waals surface area contributed by atoms with Crippen molar-refractivity contribution in [2.45, 2.75) is 19.5 Å². The molecule has 5 nitrogen and oxygen atoms in total. The molecular weight excluding hydrogens is 322 g/mol. The van der Waals surface area contributed by atoms with Gasteiger partial charge in [0.15, 0.2) is 0 Å². The Bertz CT molecular complexity index is 873. The van der Waals surface area contributed by atoms with Gasteiger partial charge in [-0.15, -0.1) is 11.3 Å². The number of carbonyl (C=O) groups excluding carboxylic acids is 1. The van der Waals surface area contributed by atoms with E-state index in [2.05, 4.69) is 10.4 Å². The Morgan fingerprint density at radius 1 is 1.17 bits per heavy atom. The van der Waals surface area contributed by atoms with Gasteiger partial charge >= 0.3 is 0 Å². The van der Waals surface area contributed by atoms with E-state index < -0.39 is 0 Å². The number of nitrogens with zero attached hydrogens (tertiary/aromatic N) is 2.